The summed E-state index contributed by atoms with van der Waals surface area (Å²) in [4.78, 5) is 52.6. The van der Waals surface area contributed by atoms with Crippen LogP contribution >= 0.6 is 11.6 Å². The van der Waals surface area contributed by atoms with E-state index in [-0.39, 0.29) is 57.6 Å². The topological polar surface area (TPSA) is 114 Å². The van der Waals surface area contributed by atoms with Gasteiger partial charge >= 0.3 is 5.97 Å². The Morgan fingerprint density at radius 3 is 2.71 bits per heavy atom. The number of amides is 3. The van der Waals surface area contributed by atoms with Crippen molar-refractivity contribution in [2.75, 3.05) is 6.54 Å². The van der Waals surface area contributed by atoms with Crippen LogP contribution in [0, 0.1) is 6.07 Å². The van der Waals surface area contributed by atoms with Crippen molar-refractivity contribution in [3.05, 3.63) is 70.7 Å². The number of esters is 1. The van der Waals surface area contributed by atoms with Crippen molar-refractivity contribution in [3.63, 3.8) is 0 Å². The van der Waals surface area contributed by atoms with E-state index in [0.717, 1.165) is 18.4 Å². The molecule has 2 heterocycles. The molecule has 2 saturated heterocycles. The number of nitrogens with one attached hydrogen (secondary N) is 2. The summed E-state index contributed by atoms with van der Waals surface area (Å²) in [5, 5.41) is 5.82. The van der Waals surface area contributed by atoms with Crippen LogP contribution in [-0.4, -0.2) is 59.6 Å². The number of ether oxygens (including phenoxy) is 2. The molecular weight excluding hydrogens is 587 g/mol. The molecule has 1 radical (unpaired) electrons. The van der Waals surface area contributed by atoms with E-state index in [4.69, 9.17) is 21.1 Å². The van der Waals surface area contributed by atoms with Crippen molar-refractivity contribution in [1.29, 1.82) is 0 Å². The Labute approximate surface area is 251 Å². The smallest absolute Gasteiger partial charge is 0.310 e. The van der Waals surface area contributed by atoms with Crippen LogP contribution in [0.4, 0.5) is 0 Å². The minimum Gasteiger partial charge on any atom is -0.433 e. The van der Waals surface area contributed by atoms with Crippen molar-refractivity contribution in [2.45, 2.75) is 63.6 Å². The van der Waals surface area contributed by atoms with Gasteiger partial charge in [0.05, 0.1) is 13.0 Å². The number of piperidine rings is 1. The number of likely N-dealkylation sites (tertiary alicyclic amines) is 1. The number of hydrogen-bond donors (Lipinski definition) is 2. The fourth-order valence-electron chi connectivity index (χ4n) is 4.47. The number of carbonyl (C=O) groups excluding carboxylic acids is 4. The predicted octanol–water partition coefficient (Wildman–Crippen LogP) is 2.61. The molecular formula is C27H29ClN3O6Y-. The first-order valence-corrected chi connectivity index (χ1v) is 12.6. The Morgan fingerprint density at radius 1 is 1.21 bits per heavy atom. The van der Waals surface area contributed by atoms with Crippen molar-refractivity contribution < 1.29 is 61.4 Å². The zero-order chi connectivity index (χ0) is 26.4. The van der Waals surface area contributed by atoms with E-state index in [0.29, 0.717) is 23.6 Å². The Morgan fingerprint density at radius 2 is 1.97 bits per heavy atom. The third kappa shape index (κ3) is 7.85. The molecule has 0 spiro atoms. The van der Waals surface area contributed by atoms with E-state index < -0.39 is 36.3 Å². The van der Waals surface area contributed by atoms with Gasteiger partial charge in [-0.25, -0.2) is 0 Å². The molecule has 38 heavy (non-hydrogen) atoms. The molecule has 2 aromatic carbocycles. The first kappa shape index (κ1) is 30.2. The van der Waals surface area contributed by atoms with Crippen LogP contribution in [0.5, 0.6) is 0 Å². The van der Waals surface area contributed by atoms with Gasteiger partial charge in [-0.2, -0.15) is 18.2 Å². The molecule has 2 aromatic rings. The summed E-state index contributed by atoms with van der Waals surface area (Å²) in [6.07, 6.45) is 1.05. The van der Waals surface area contributed by atoms with Gasteiger partial charge in [-0.1, -0.05) is 40.9 Å². The second kappa shape index (κ2) is 14.2. The minimum atomic E-state index is -0.919. The van der Waals surface area contributed by atoms with Gasteiger partial charge in [0.1, 0.15) is 18.1 Å². The summed E-state index contributed by atoms with van der Waals surface area (Å²) in [6.45, 7) is 2.19. The average Bonchev–Trinajstić information content (AvgIpc) is 3.26. The fraction of sp³-hybridized carbons (Fsp3) is 0.407. The van der Waals surface area contributed by atoms with Gasteiger partial charge in [0.15, 0.2) is 0 Å². The summed E-state index contributed by atoms with van der Waals surface area (Å²) < 4.78 is 11.0. The fourth-order valence-corrected chi connectivity index (χ4v) is 4.65. The molecule has 0 bridgehead atoms. The molecule has 11 heteroatoms. The first-order chi connectivity index (χ1) is 17.8. The van der Waals surface area contributed by atoms with Gasteiger partial charge in [0.25, 0.3) is 0 Å². The van der Waals surface area contributed by atoms with E-state index in [1.165, 1.54) is 17.0 Å². The van der Waals surface area contributed by atoms with E-state index >= 15 is 0 Å². The maximum atomic E-state index is 13.3. The molecule has 2 N–H and O–H groups in total. The maximum Gasteiger partial charge on any atom is 0.310 e. The standard InChI is InChI=1S/C27H29ClN3O6.Y/c1-17(29-24(33)19-10-7-11-20(28)14-19)26(35)31-13-6-5-12-22(31)25(34)30-21-15-23(32)37-27(21)36-16-18-8-3-2-4-9-18;/h2-4,7-10,14,17,21-22,27H,5-6,12-13,15-16H2,1H3,(H,29,33)(H,30,34);/q-1;/t17-,21-,22-,27?;/m0./s1. The largest absolute Gasteiger partial charge is 0.433 e. The van der Waals surface area contributed by atoms with Crippen LogP contribution in [0.25, 0.3) is 0 Å². The zero-order valence-corrected chi connectivity index (χ0v) is 24.6. The number of nitrogens with zero attached hydrogens (tertiary/aromatic N) is 1. The number of halogens is 1. The SMILES string of the molecule is C[C@H](NC(=O)c1cc[c-]c(Cl)c1)C(=O)N1CCCC[C@H]1C(=O)N[C@H]1CC(=O)OC1OCc1ccccc1.[Y]. The van der Waals surface area contributed by atoms with Crippen LogP contribution in [0.3, 0.4) is 0 Å². The molecule has 0 aliphatic carbocycles. The Kier molecular flexibility index (Phi) is 11.3. The Balaban J connectivity index is 0.00000400. The molecule has 1 unspecified atom stereocenters. The molecule has 9 nitrogen and oxygen atoms in total. The van der Waals surface area contributed by atoms with Crippen molar-refractivity contribution in [1.82, 2.24) is 15.5 Å². The van der Waals surface area contributed by atoms with Gasteiger partial charge in [-0.3, -0.25) is 19.2 Å². The van der Waals surface area contributed by atoms with E-state index in [9.17, 15) is 19.2 Å². The van der Waals surface area contributed by atoms with Crippen LogP contribution < -0.4 is 10.6 Å². The van der Waals surface area contributed by atoms with Gasteiger partial charge < -0.3 is 25.0 Å². The predicted molar refractivity (Wildman–Crippen MR) is 134 cm³/mol. The van der Waals surface area contributed by atoms with E-state index in [1.54, 1.807) is 13.0 Å². The number of rotatable bonds is 8. The van der Waals surface area contributed by atoms with E-state index in [2.05, 4.69) is 16.7 Å². The summed E-state index contributed by atoms with van der Waals surface area (Å²) in [5.74, 6) is -1.66. The Hall–Kier alpha value is -2.33. The quantitative estimate of drug-likeness (QED) is 0.349. The summed E-state index contributed by atoms with van der Waals surface area (Å²) in [7, 11) is 0. The second-order valence-electron chi connectivity index (χ2n) is 9.14. The molecule has 2 aliphatic heterocycles. The number of cyclic esters (lactones) is 1. The summed E-state index contributed by atoms with van der Waals surface area (Å²) >= 11 is 5.91. The third-order valence-electron chi connectivity index (χ3n) is 6.38. The molecule has 4 rings (SSSR count). The summed E-state index contributed by atoms with van der Waals surface area (Å²) in [5.41, 5.74) is 1.22. The van der Waals surface area contributed by atoms with E-state index in [1.807, 2.05) is 30.3 Å². The molecule has 199 valence electrons. The van der Waals surface area contributed by atoms with Gasteiger partial charge in [-0.15, -0.1) is 17.7 Å². The molecule has 0 saturated carbocycles. The molecule has 4 atom stereocenters. The Bertz CT molecular complexity index is 1150. The molecule has 2 fully saturated rings. The van der Waals surface area contributed by atoms with Crippen LogP contribution in [-0.2, 0) is 63.2 Å². The monoisotopic (exact) mass is 615 g/mol. The molecule has 3 amide bonds. The first-order valence-electron chi connectivity index (χ1n) is 12.3. The minimum absolute atomic E-state index is 0. The second-order valence-corrected chi connectivity index (χ2v) is 9.54. The number of carbonyl (C=O) groups is 4. The van der Waals surface area contributed by atoms with Crippen LogP contribution in [0.1, 0.15) is 48.5 Å². The van der Waals surface area contributed by atoms with Crippen molar-refractivity contribution in [3.8, 4) is 0 Å². The average molecular weight is 616 g/mol. The number of benzene rings is 2. The van der Waals surface area contributed by atoms with Crippen molar-refractivity contribution in [2.24, 2.45) is 0 Å². The van der Waals surface area contributed by atoms with Gasteiger partial charge in [0.2, 0.25) is 24.0 Å². The van der Waals surface area contributed by atoms with Gasteiger partial charge in [0, 0.05) is 39.3 Å². The van der Waals surface area contributed by atoms with Crippen molar-refractivity contribution >= 4 is 35.3 Å². The third-order valence-corrected chi connectivity index (χ3v) is 6.60. The molecule has 0 aromatic heterocycles. The molecule has 2 aliphatic rings. The van der Waals surface area contributed by atoms with Gasteiger partial charge in [-0.05, 0) is 31.7 Å². The number of hydrogen-bond acceptors (Lipinski definition) is 6. The normalized spacial score (nSPS) is 21.6. The van der Waals surface area contributed by atoms with Crippen LogP contribution in [0.15, 0.2) is 48.5 Å². The maximum absolute atomic E-state index is 13.3. The zero-order valence-electron chi connectivity index (χ0n) is 21.0. The summed E-state index contributed by atoms with van der Waals surface area (Å²) in [6, 6.07) is 14.5. The van der Waals surface area contributed by atoms with Crippen LogP contribution in [0.2, 0.25) is 5.02 Å².